The summed E-state index contributed by atoms with van der Waals surface area (Å²) in [5.74, 6) is 0. The molecule has 0 fully saturated rings. The topological polar surface area (TPSA) is 172 Å². The summed E-state index contributed by atoms with van der Waals surface area (Å²) in [5, 5.41) is 18.8. The van der Waals surface area contributed by atoms with Gasteiger partial charge in [-0.15, -0.1) is 0 Å². The quantitative estimate of drug-likeness (QED) is 0.461. The van der Waals surface area contributed by atoms with Crippen molar-refractivity contribution in [1.29, 1.82) is 0 Å². The summed E-state index contributed by atoms with van der Waals surface area (Å²) in [6.45, 7) is 0. The Labute approximate surface area is 138 Å². The van der Waals surface area contributed by atoms with Crippen LogP contribution in [0.2, 0.25) is 0 Å². The van der Waals surface area contributed by atoms with Gasteiger partial charge in [-0.2, -0.15) is 0 Å². The number of non-ortho nitro benzene ring substituents is 2. The zero-order chi connectivity index (χ0) is 16.3. The molecule has 0 heterocycles. The Kier molecular flexibility index (Phi) is 18.6. The van der Waals surface area contributed by atoms with Crippen LogP contribution in [-0.4, -0.2) is 20.3 Å². The number of carbonyl (C=O) groups is 2. The molecule has 0 radical (unpaired) electrons. The van der Waals surface area contributed by atoms with Gasteiger partial charge in [-0.25, -0.2) is 0 Å². The number of hydrogen-bond donors (Lipinski definition) is 2. The summed E-state index contributed by atoms with van der Waals surface area (Å²) in [5.41, 5.74) is 8.03. The number of nitro groups is 2. The fraction of sp³-hybridized carbons (Fsp3) is 0.200. The molecule has 0 aliphatic carbocycles. The molecule has 2 amide bonds. The maximum Gasteiger partial charge on any atom is 0.276 e. The van der Waals surface area contributed by atoms with E-state index in [0.717, 1.165) is 6.07 Å². The molecule has 1 aromatic carbocycles. The first-order chi connectivity index (χ1) is 9.07. The fourth-order valence-corrected chi connectivity index (χ4v) is 0.720. The van der Waals surface area contributed by atoms with Crippen LogP contribution in [-0.2, 0) is 25.3 Å². The molecule has 0 aliphatic rings. The molecule has 1 rings (SSSR count). The van der Waals surface area contributed by atoms with Gasteiger partial charge in [-0.1, -0.05) is 14.9 Å². The first kappa shape index (κ1) is 27.7. The highest BCUT2D eigenvalue weighted by Crippen LogP contribution is 2.18. The van der Waals surface area contributed by atoms with Gasteiger partial charge in [0.1, 0.15) is 0 Å². The van der Waals surface area contributed by atoms with Crippen molar-refractivity contribution in [2.75, 3.05) is 0 Å². The second-order valence-electron chi connectivity index (χ2n) is 2.67. The van der Waals surface area contributed by atoms with Crippen LogP contribution in [0.4, 0.5) is 21.0 Å². The number of carbonyl (C=O) groups excluding carboxylic acids is 2. The lowest BCUT2D eigenvalue weighted by Gasteiger charge is -1.90. The maximum absolute atomic E-state index is 10.2. The average Bonchev–Trinajstić information content (AvgIpc) is 2.27. The minimum absolute atomic E-state index is 0. The largest absolute Gasteiger partial charge is 0.719 e. The standard InChI is InChI=1S/C6H4N2O4.2CH3NOS.2CH4/c9-7(10)5-2-1-3-6(4-5)8(11)12;2*2-1(3)4;;/h1-4H;2*(H3,2,3,4);2*1H4/p-2. The van der Waals surface area contributed by atoms with Crippen LogP contribution in [0, 0.1) is 20.2 Å². The predicted molar refractivity (Wildman–Crippen MR) is 87.1 cm³/mol. The second-order valence-corrected chi connectivity index (χ2v) is 3.48. The lowest BCUT2D eigenvalue weighted by Crippen LogP contribution is -2.00. The van der Waals surface area contributed by atoms with Crippen molar-refractivity contribution < 1.29 is 19.4 Å². The molecular formula is C10H16N4O6S2-2. The minimum atomic E-state index is -0.750. The molecule has 0 aliphatic heterocycles. The molecule has 1 aromatic rings. The van der Waals surface area contributed by atoms with Crippen LogP contribution >= 0.6 is 0 Å². The van der Waals surface area contributed by atoms with Crippen molar-refractivity contribution in [1.82, 2.24) is 0 Å². The van der Waals surface area contributed by atoms with E-state index >= 15 is 0 Å². The highest BCUT2D eigenvalue weighted by atomic mass is 32.1. The molecule has 10 nitrogen and oxygen atoms in total. The molecule has 0 saturated heterocycles. The lowest BCUT2D eigenvalue weighted by atomic mass is 10.3. The van der Waals surface area contributed by atoms with Crippen LogP contribution in [0.5, 0.6) is 0 Å². The third-order valence-electron chi connectivity index (χ3n) is 1.25. The van der Waals surface area contributed by atoms with Gasteiger partial charge >= 0.3 is 0 Å². The summed E-state index contributed by atoms with van der Waals surface area (Å²) < 4.78 is 0. The molecule has 0 atom stereocenters. The number of primary amides is 2. The Balaban J connectivity index is -0.000000138. The third-order valence-corrected chi connectivity index (χ3v) is 1.25. The second kappa shape index (κ2) is 14.8. The number of amides is 2. The first-order valence-corrected chi connectivity index (χ1v) is 5.21. The normalized spacial score (nSPS) is 7.27. The molecule has 22 heavy (non-hydrogen) atoms. The highest BCUT2D eigenvalue weighted by molar-refractivity contribution is 7.77. The number of nitro benzene ring substituents is 2. The fourth-order valence-electron chi connectivity index (χ4n) is 0.720. The number of benzene rings is 1. The van der Waals surface area contributed by atoms with Gasteiger partial charge in [-0.05, 0) is 6.07 Å². The van der Waals surface area contributed by atoms with Crippen molar-refractivity contribution in [3.8, 4) is 0 Å². The molecule has 126 valence electrons. The van der Waals surface area contributed by atoms with E-state index in [1.165, 1.54) is 18.2 Å². The minimum Gasteiger partial charge on any atom is -0.719 e. The summed E-state index contributed by atoms with van der Waals surface area (Å²) in [6.07, 6.45) is 0. The van der Waals surface area contributed by atoms with Gasteiger partial charge in [0.25, 0.3) is 11.4 Å². The van der Waals surface area contributed by atoms with Gasteiger partial charge in [0.15, 0.2) is 0 Å². The Morgan fingerprint density at radius 2 is 1.14 bits per heavy atom. The van der Waals surface area contributed by atoms with Crippen LogP contribution in [0.3, 0.4) is 0 Å². The predicted octanol–water partition coefficient (Wildman–Crippen LogP) is 2.00. The smallest absolute Gasteiger partial charge is 0.276 e. The van der Waals surface area contributed by atoms with Crippen LogP contribution in [0.1, 0.15) is 14.9 Å². The van der Waals surface area contributed by atoms with E-state index in [-0.39, 0.29) is 26.2 Å². The van der Waals surface area contributed by atoms with Crippen LogP contribution in [0.15, 0.2) is 24.3 Å². The monoisotopic (exact) mass is 352 g/mol. The van der Waals surface area contributed by atoms with Gasteiger partial charge < -0.3 is 46.3 Å². The van der Waals surface area contributed by atoms with Crippen molar-refractivity contribution in [3.05, 3.63) is 44.5 Å². The summed E-state index contributed by atoms with van der Waals surface area (Å²) in [6, 6.07) is 4.59. The molecule has 0 unspecified atom stereocenters. The highest BCUT2D eigenvalue weighted by Gasteiger charge is 2.11. The number of nitrogens with two attached hydrogens (primary N) is 2. The van der Waals surface area contributed by atoms with E-state index in [2.05, 4.69) is 36.7 Å². The molecular weight excluding hydrogens is 336 g/mol. The SMILES string of the molecule is C.C.NC(=O)[S-].NC(=O)[S-].O=[N+]([O-])c1cccc([N+](=O)[O-])c1. The van der Waals surface area contributed by atoms with Crippen LogP contribution in [0.25, 0.3) is 0 Å². The Hall–Kier alpha value is -2.60. The molecule has 0 bridgehead atoms. The summed E-state index contributed by atoms with van der Waals surface area (Å²) in [7, 11) is 0. The van der Waals surface area contributed by atoms with Crippen molar-refractivity contribution in [2.24, 2.45) is 11.5 Å². The first-order valence-electron chi connectivity index (χ1n) is 4.39. The van der Waals surface area contributed by atoms with Crippen molar-refractivity contribution in [2.45, 2.75) is 14.9 Å². The third kappa shape index (κ3) is 19.7. The van der Waals surface area contributed by atoms with E-state index < -0.39 is 20.3 Å². The van der Waals surface area contributed by atoms with Gasteiger partial charge in [0, 0.05) is 12.1 Å². The molecule has 4 N–H and O–H groups in total. The number of nitrogens with zero attached hydrogens (tertiary/aromatic N) is 2. The molecule has 0 spiro atoms. The maximum atomic E-state index is 10.2. The Morgan fingerprint density at radius 3 is 1.32 bits per heavy atom. The Morgan fingerprint density at radius 1 is 0.909 bits per heavy atom. The Bertz CT molecular complexity index is 463. The molecule has 12 heteroatoms. The van der Waals surface area contributed by atoms with Gasteiger partial charge in [0.2, 0.25) is 0 Å². The summed E-state index contributed by atoms with van der Waals surface area (Å²) >= 11 is 7.52. The van der Waals surface area contributed by atoms with E-state index in [9.17, 15) is 20.2 Å². The van der Waals surface area contributed by atoms with E-state index in [1.54, 1.807) is 0 Å². The summed E-state index contributed by atoms with van der Waals surface area (Å²) in [4.78, 5) is 37.0. The van der Waals surface area contributed by atoms with E-state index in [0.29, 0.717) is 0 Å². The number of hydrogen-bond acceptors (Lipinski definition) is 8. The van der Waals surface area contributed by atoms with Crippen molar-refractivity contribution in [3.63, 3.8) is 0 Å². The lowest BCUT2D eigenvalue weighted by molar-refractivity contribution is -0.394. The molecule has 0 aromatic heterocycles. The average molecular weight is 352 g/mol. The zero-order valence-corrected chi connectivity index (χ0v) is 11.3. The van der Waals surface area contributed by atoms with E-state index in [1.807, 2.05) is 0 Å². The zero-order valence-electron chi connectivity index (χ0n) is 9.62. The van der Waals surface area contributed by atoms with Crippen LogP contribution < -0.4 is 11.5 Å². The van der Waals surface area contributed by atoms with Crippen molar-refractivity contribution >= 4 is 47.1 Å². The van der Waals surface area contributed by atoms with Gasteiger partial charge in [-0.3, -0.25) is 20.2 Å². The van der Waals surface area contributed by atoms with Gasteiger partial charge in [0.05, 0.1) is 26.4 Å². The van der Waals surface area contributed by atoms with E-state index in [4.69, 9.17) is 9.59 Å². The number of rotatable bonds is 2. The molecule has 0 saturated carbocycles.